The quantitative estimate of drug-likeness (QED) is 0.0515. The second-order valence-corrected chi connectivity index (χ2v) is 34.1. The van der Waals surface area contributed by atoms with Gasteiger partial charge < -0.3 is 35.2 Å². The second-order valence-electron chi connectivity index (χ2n) is 32.4. The number of ether oxygens (including phenoxy) is 2. The van der Waals surface area contributed by atoms with Gasteiger partial charge in [-0.3, -0.25) is 39.0 Å². The lowest BCUT2D eigenvalue weighted by atomic mass is 9.93. The molecule has 4 N–H and O–H groups in total. The molecule has 12 aromatic heterocycles. The number of amides is 5. The van der Waals surface area contributed by atoms with Crippen LogP contribution in [0.3, 0.4) is 0 Å². The molecule has 3 aliphatic carbocycles. The Morgan fingerprint density at radius 1 is 0.385 bits per heavy atom. The molecule has 0 radical (unpaired) electrons. The van der Waals surface area contributed by atoms with Gasteiger partial charge in [-0.1, -0.05) is 140 Å². The van der Waals surface area contributed by atoms with Crippen LogP contribution in [0.5, 0.6) is 0 Å². The van der Waals surface area contributed by atoms with Crippen LogP contribution in [0.25, 0.3) is 45.1 Å². The molecule has 4 aromatic carbocycles. The van der Waals surface area contributed by atoms with Crippen molar-refractivity contribution in [2.45, 2.75) is 125 Å². The van der Waals surface area contributed by atoms with E-state index in [-0.39, 0.29) is 59.9 Å². The highest BCUT2D eigenvalue weighted by atomic mass is 32.2. The monoisotopic (exact) mass is 1750 g/mol. The van der Waals surface area contributed by atoms with Gasteiger partial charge in [-0.25, -0.2) is 37.9 Å². The molecule has 5 amide bonds. The average Bonchev–Trinajstić information content (AvgIpc) is 1.62. The van der Waals surface area contributed by atoms with Crippen molar-refractivity contribution >= 4 is 85.8 Å². The van der Waals surface area contributed by atoms with E-state index >= 15 is 0 Å². The Morgan fingerprint density at radius 3 is 1.25 bits per heavy atom. The number of fused-ring (bicyclic) bond motifs is 4. The Labute approximate surface area is 747 Å². The number of terminal acetylenes is 1. The van der Waals surface area contributed by atoms with E-state index < -0.39 is 10.0 Å². The highest BCUT2D eigenvalue weighted by molar-refractivity contribution is 7.92. The van der Waals surface area contributed by atoms with E-state index in [1.807, 2.05) is 152 Å². The van der Waals surface area contributed by atoms with Crippen molar-refractivity contribution in [2.24, 2.45) is 0 Å². The van der Waals surface area contributed by atoms with Gasteiger partial charge in [-0.05, 0) is 142 Å². The number of anilines is 4. The van der Waals surface area contributed by atoms with Crippen molar-refractivity contribution in [3.05, 3.63) is 330 Å². The number of pyridine rings is 4. The van der Waals surface area contributed by atoms with E-state index in [1.165, 1.54) is 42.0 Å². The van der Waals surface area contributed by atoms with Crippen LogP contribution in [0.1, 0.15) is 182 Å². The van der Waals surface area contributed by atoms with E-state index in [2.05, 4.69) is 71.9 Å². The van der Waals surface area contributed by atoms with Gasteiger partial charge in [0.1, 0.15) is 41.4 Å². The molecule has 5 aliphatic rings. The maximum absolute atomic E-state index is 12.9. The SMILES string of the molecule is C#Cc1cnn2c(NC(=O)c3cccnc3)cc(-c3ccccc3)nc12.O=C(Nc1cc(C2CCCN(C(=O)OCc3ccccc3)C2)nc2c(C3CC3)cnn12)c1cccnc1.O=C(Nc1cc(C2CCN(C(=O)OCc3ccccc3)CC2)nc2c(C3CC3)cnn12)c1cccnc1.O=S(=O)(Nc1cc(-c2ccccc2)nc2c(C3CCCC3)cnn12)c1cccnc1. The molecule has 2 aliphatic heterocycles. The smallest absolute Gasteiger partial charge is 0.410 e. The maximum Gasteiger partial charge on any atom is 0.410 e. The van der Waals surface area contributed by atoms with Crippen LogP contribution in [0.2, 0.25) is 0 Å². The number of hydrogen-bond acceptors (Lipinski definition) is 21. The first-order chi connectivity index (χ1) is 63.7. The summed E-state index contributed by atoms with van der Waals surface area (Å²) in [6.45, 7) is 2.87. The maximum atomic E-state index is 12.9. The van der Waals surface area contributed by atoms with Crippen molar-refractivity contribution in [1.29, 1.82) is 0 Å². The molecule has 3 saturated carbocycles. The van der Waals surface area contributed by atoms with E-state index in [4.69, 9.17) is 30.8 Å². The number of nitrogens with one attached hydrogen (secondary N) is 4. The summed E-state index contributed by atoms with van der Waals surface area (Å²) < 4.78 is 46.2. The molecule has 16 aromatic rings. The Hall–Kier alpha value is -15.8. The summed E-state index contributed by atoms with van der Waals surface area (Å²) in [5.74, 6) is 5.29. The predicted molar refractivity (Wildman–Crippen MR) is 488 cm³/mol. The van der Waals surface area contributed by atoms with Crippen LogP contribution in [-0.2, 0) is 32.7 Å². The summed E-state index contributed by atoms with van der Waals surface area (Å²) in [5, 5.41) is 26.7. The molecule has 1 atom stereocenters. The second kappa shape index (κ2) is 39.0. The zero-order valence-corrected chi connectivity index (χ0v) is 71.5. The fourth-order valence-corrected chi connectivity index (χ4v) is 17.3. The number of likely N-dealkylation sites (tertiary alicyclic amines) is 2. The summed E-state index contributed by atoms with van der Waals surface area (Å²) in [7, 11) is -3.81. The lowest BCUT2D eigenvalue weighted by molar-refractivity contribution is 0.0853. The van der Waals surface area contributed by atoms with Gasteiger partial charge in [-0.15, -0.1) is 6.42 Å². The third kappa shape index (κ3) is 19.9. The van der Waals surface area contributed by atoms with Crippen LogP contribution in [0.4, 0.5) is 32.9 Å². The molecular weight excluding hydrogens is 1660 g/mol. The molecule has 31 nitrogen and oxygen atoms in total. The average molecular weight is 1750 g/mol. The van der Waals surface area contributed by atoms with Crippen LogP contribution < -0.4 is 20.7 Å². The lowest BCUT2D eigenvalue weighted by Crippen LogP contribution is -2.39. The number of aromatic nitrogens is 16. The largest absolute Gasteiger partial charge is 0.445 e. The minimum absolute atomic E-state index is 0.0269. The number of carbonyl (C=O) groups excluding carboxylic acids is 5. The molecule has 21 rings (SSSR count). The van der Waals surface area contributed by atoms with Crippen LogP contribution in [-0.4, -0.2) is 153 Å². The Balaban J connectivity index is 0.000000118. The van der Waals surface area contributed by atoms with Gasteiger partial charge in [0.2, 0.25) is 0 Å². The normalized spacial score (nSPS) is 15.1. The number of benzene rings is 4. The standard InChI is InChI=1S/2C28H28N6O3.C22H21N5O2S.C20H13N5O/c35-27(21-8-4-12-29-15-21)32-25-14-24(31-26-23(20-10-11-20)16-30-34(25)26)22-9-5-13-33(17-22)28(36)37-18-19-6-2-1-3-7-19;35-27(22-7-4-12-29-16-22)32-25-15-24(31-26-23(20-8-9-20)17-30-34(25)26)21-10-13-33(14-11-21)28(36)37-18-19-5-2-1-3-6-19;28-30(29,18-11-6-12-23-14-18)26-21-13-20(17-9-2-1-3-10-17)25-22-19(15-24-27(21)22)16-7-4-5-8-16;1-2-14-13-22-25-18(24-20(26)16-9-6-10-21-12-16)11-17(23-19(14)25)15-7-4-3-5-8-15/h1-4,6-8,12,14-16,20,22H,5,9-11,13,17-18H2,(H,32,35);1-7,12,15-17,20-21H,8-11,13-14,18H2,(H,32,35);1-3,6,9-16,26H,4-5,7-8H2;1,3-13H,(H,24,26). The van der Waals surface area contributed by atoms with E-state index in [9.17, 15) is 32.4 Å². The zero-order valence-electron chi connectivity index (χ0n) is 70.7. The molecular formula is C98H90N22O9S. The summed E-state index contributed by atoms with van der Waals surface area (Å²) in [6.07, 6.45) is 36.8. The molecule has 1 unspecified atom stereocenters. The topological polar surface area (TPSA) is 365 Å². The first-order valence-corrected chi connectivity index (χ1v) is 44.8. The van der Waals surface area contributed by atoms with Crippen molar-refractivity contribution in [1.82, 2.24) is 88.1 Å². The fraction of sp³-hybridized carbons (Fsp3) is 0.235. The number of carbonyl (C=O) groups is 5. The van der Waals surface area contributed by atoms with Gasteiger partial charge in [0.15, 0.2) is 22.6 Å². The van der Waals surface area contributed by atoms with Gasteiger partial charge in [0.25, 0.3) is 27.7 Å². The van der Waals surface area contributed by atoms with Crippen LogP contribution in [0, 0.1) is 12.3 Å². The Bertz CT molecular complexity index is 6890. The molecule has 32 heteroatoms. The molecule has 14 heterocycles. The fourth-order valence-electron chi connectivity index (χ4n) is 16.3. The molecule has 2 saturated heterocycles. The molecule has 0 bridgehead atoms. The first kappa shape index (κ1) is 85.0. The summed E-state index contributed by atoms with van der Waals surface area (Å²) in [4.78, 5) is 103. The van der Waals surface area contributed by atoms with E-state index in [1.54, 1.807) is 115 Å². The number of piperidine rings is 2. The third-order valence-electron chi connectivity index (χ3n) is 23.5. The Kier molecular flexibility index (Phi) is 25.5. The van der Waals surface area contributed by atoms with Gasteiger partial charge in [-0.2, -0.15) is 38.5 Å². The summed E-state index contributed by atoms with van der Waals surface area (Å²) in [5.41, 5.74) is 14.9. The number of nitrogens with zero attached hydrogens (tertiary/aromatic N) is 18. The van der Waals surface area contributed by atoms with E-state index in [0.717, 1.165) is 126 Å². The van der Waals surface area contributed by atoms with Crippen molar-refractivity contribution in [2.75, 3.05) is 46.9 Å². The predicted octanol–water partition coefficient (Wildman–Crippen LogP) is 16.8. The number of rotatable bonds is 20. The summed E-state index contributed by atoms with van der Waals surface area (Å²) in [6, 6.07) is 59.5. The van der Waals surface area contributed by atoms with Crippen molar-refractivity contribution in [3.8, 4) is 34.9 Å². The van der Waals surface area contributed by atoms with Crippen LogP contribution >= 0.6 is 0 Å². The van der Waals surface area contributed by atoms with Gasteiger partial charge >= 0.3 is 12.2 Å². The van der Waals surface area contributed by atoms with Crippen LogP contribution in [0.15, 0.2) is 273 Å². The highest BCUT2D eigenvalue weighted by Gasteiger charge is 2.35. The first-order valence-electron chi connectivity index (χ1n) is 43.3. The molecule has 130 heavy (non-hydrogen) atoms. The minimum atomic E-state index is -3.81. The zero-order chi connectivity index (χ0) is 88.9. The van der Waals surface area contributed by atoms with Crippen molar-refractivity contribution in [3.63, 3.8) is 0 Å². The minimum Gasteiger partial charge on any atom is -0.445 e. The number of hydrogen-bond donors (Lipinski definition) is 4. The summed E-state index contributed by atoms with van der Waals surface area (Å²) >= 11 is 0. The van der Waals surface area contributed by atoms with Crippen molar-refractivity contribution < 1.29 is 41.9 Å². The number of sulfonamides is 1. The van der Waals surface area contributed by atoms with Gasteiger partial charge in [0.05, 0.1) is 64.1 Å². The highest BCUT2D eigenvalue weighted by Crippen LogP contribution is 2.45. The molecule has 5 fully saturated rings. The molecule has 0 spiro atoms. The molecule has 652 valence electrons. The third-order valence-corrected chi connectivity index (χ3v) is 24.8. The lowest BCUT2D eigenvalue weighted by Gasteiger charge is -2.32. The Morgan fingerprint density at radius 2 is 0.785 bits per heavy atom. The van der Waals surface area contributed by atoms with E-state index in [0.29, 0.717) is 112 Å². The van der Waals surface area contributed by atoms with Gasteiger partial charge in [0, 0.05) is 145 Å².